The Kier molecular flexibility index (Phi) is 3.04. The lowest BCUT2D eigenvalue weighted by Gasteiger charge is -2.08. The summed E-state index contributed by atoms with van der Waals surface area (Å²) in [6, 6.07) is 6.82. The number of hydrogen-bond acceptors (Lipinski definition) is 1. The molecule has 17 heavy (non-hydrogen) atoms. The molecule has 1 aromatic heterocycles. The van der Waals surface area contributed by atoms with Crippen molar-refractivity contribution in [3.05, 3.63) is 59.4 Å². The predicted octanol–water partition coefficient (Wildman–Crippen LogP) is 3.02. The summed E-state index contributed by atoms with van der Waals surface area (Å²) in [5.74, 6) is -1.30. The molecule has 0 unspecified atom stereocenters. The van der Waals surface area contributed by atoms with Crippen molar-refractivity contribution >= 4 is 5.78 Å². The first-order valence-electron chi connectivity index (χ1n) is 5.18. The fraction of sp³-hybridized carbons (Fsp3) is 0.154. The van der Waals surface area contributed by atoms with Crippen molar-refractivity contribution in [1.82, 2.24) is 4.57 Å². The van der Waals surface area contributed by atoms with E-state index in [1.807, 2.05) is 0 Å². The molecule has 0 fully saturated rings. The molecule has 88 valence electrons. The summed E-state index contributed by atoms with van der Waals surface area (Å²) in [6.45, 7) is 1.67. The van der Waals surface area contributed by atoms with Crippen LogP contribution in [0, 0.1) is 11.6 Å². The standard InChI is InChI=1S/C13H11F2NO/c1-9(17)13-3-2-6-16(13)8-10-4-5-11(14)7-12(10)15/h2-7H,8H2,1H3. The van der Waals surface area contributed by atoms with Gasteiger partial charge < -0.3 is 4.57 Å². The molecule has 0 saturated heterocycles. The van der Waals surface area contributed by atoms with E-state index in [2.05, 4.69) is 0 Å². The van der Waals surface area contributed by atoms with Gasteiger partial charge in [0.25, 0.3) is 0 Å². The molecule has 2 nitrogen and oxygen atoms in total. The average Bonchev–Trinajstić information content (AvgIpc) is 2.70. The highest BCUT2D eigenvalue weighted by Gasteiger charge is 2.09. The monoisotopic (exact) mass is 235 g/mol. The molecule has 1 heterocycles. The summed E-state index contributed by atoms with van der Waals surface area (Å²) in [6.07, 6.45) is 1.69. The van der Waals surface area contributed by atoms with Crippen molar-refractivity contribution in [2.24, 2.45) is 0 Å². The molecule has 0 amide bonds. The largest absolute Gasteiger partial charge is 0.341 e. The Hall–Kier alpha value is -1.97. The molecule has 4 heteroatoms. The highest BCUT2D eigenvalue weighted by Crippen LogP contribution is 2.13. The molecule has 0 N–H and O–H groups in total. The maximum absolute atomic E-state index is 13.4. The van der Waals surface area contributed by atoms with Crippen LogP contribution in [0.25, 0.3) is 0 Å². The van der Waals surface area contributed by atoms with E-state index in [0.717, 1.165) is 6.07 Å². The zero-order valence-electron chi connectivity index (χ0n) is 9.28. The van der Waals surface area contributed by atoms with E-state index in [-0.39, 0.29) is 12.3 Å². The van der Waals surface area contributed by atoms with Crippen LogP contribution in [0.5, 0.6) is 0 Å². The zero-order valence-corrected chi connectivity index (χ0v) is 9.28. The molecule has 2 aromatic rings. The summed E-state index contributed by atoms with van der Waals surface area (Å²) in [4.78, 5) is 11.3. The molecule has 0 saturated carbocycles. The van der Waals surface area contributed by atoms with E-state index in [9.17, 15) is 13.6 Å². The molecular weight excluding hydrogens is 224 g/mol. The van der Waals surface area contributed by atoms with Gasteiger partial charge in [-0.15, -0.1) is 0 Å². The lowest BCUT2D eigenvalue weighted by molar-refractivity contribution is 0.100. The van der Waals surface area contributed by atoms with Gasteiger partial charge in [-0.1, -0.05) is 6.07 Å². The molecule has 0 aliphatic carbocycles. The smallest absolute Gasteiger partial charge is 0.176 e. The summed E-state index contributed by atoms with van der Waals surface area (Å²) in [7, 11) is 0. The Morgan fingerprint density at radius 1 is 1.29 bits per heavy atom. The first kappa shape index (κ1) is 11.5. The van der Waals surface area contributed by atoms with E-state index in [1.54, 1.807) is 22.9 Å². The molecular formula is C13H11F2NO. The van der Waals surface area contributed by atoms with Crippen molar-refractivity contribution in [2.75, 3.05) is 0 Å². The summed E-state index contributed by atoms with van der Waals surface area (Å²) in [5.41, 5.74) is 0.860. The Balaban J connectivity index is 2.31. The normalized spacial score (nSPS) is 10.5. The van der Waals surface area contributed by atoms with E-state index in [4.69, 9.17) is 0 Å². The number of benzene rings is 1. The second-order valence-electron chi connectivity index (χ2n) is 3.81. The summed E-state index contributed by atoms with van der Waals surface area (Å²) < 4.78 is 27.8. The van der Waals surface area contributed by atoms with E-state index in [1.165, 1.54) is 19.1 Å². The highest BCUT2D eigenvalue weighted by molar-refractivity contribution is 5.92. The Labute approximate surface area is 97.5 Å². The maximum Gasteiger partial charge on any atom is 0.176 e. The van der Waals surface area contributed by atoms with Crippen LogP contribution in [0.2, 0.25) is 0 Å². The van der Waals surface area contributed by atoms with Gasteiger partial charge in [0.2, 0.25) is 0 Å². The summed E-state index contributed by atoms with van der Waals surface area (Å²) in [5, 5.41) is 0. The number of ketones is 1. The van der Waals surface area contributed by atoms with Crippen molar-refractivity contribution in [3.63, 3.8) is 0 Å². The van der Waals surface area contributed by atoms with Crippen LogP contribution in [-0.2, 0) is 6.54 Å². The molecule has 0 aliphatic heterocycles. The molecule has 0 spiro atoms. The predicted molar refractivity (Wildman–Crippen MR) is 59.9 cm³/mol. The van der Waals surface area contributed by atoms with Crippen LogP contribution in [0.4, 0.5) is 8.78 Å². The van der Waals surface area contributed by atoms with Crippen molar-refractivity contribution < 1.29 is 13.6 Å². The second kappa shape index (κ2) is 4.49. The number of halogens is 2. The number of hydrogen-bond donors (Lipinski definition) is 0. The van der Waals surface area contributed by atoms with Gasteiger partial charge in [-0.05, 0) is 18.2 Å². The van der Waals surface area contributed by atoms with Gasteiger partial charge >= 0.3 is 0 Å². The van der Waals surface area contributed by atoms with Crippen LogP contribution < -0.4 is 0 Å². The van der Waals surface area contributed by atoms with E-state index < -0.39 is 11.6 Å². The molecule has 0 radical (unpaired) electrons. The molecule has 0 aliphatic rings. The fourth-order valence-electron chi connectivity index (χ4n) is 1.71. The highest BCUT2D eigenvalue weighted by atomic mass is 19.1. The number of rotatable bonds is 3. The van der Waals surface area contributed by atoms with Crippen LogP contribution in [0.15, 0.2) is 36.5 Å². The molecule has 0 bridgehead atoms. The third-order valence-electron chi connectivity index (χ3n) is 2.55. The van der Waals surface area contributed by atoms with Gasteiger partial charge in [-0.2, -0.15) is 0 Å². The lowest BCUT2D eigenvalue weighted by atomic mass is 10.2. The van der Waals surface area contributed by atoms with Crippen molar-refractivity contribution in [1.29, 1.82) is 0 Å². The SMILES string of the molecule is CC(=O)c1cccn1Cc1ccc(F)cc1F. The molecule has 0 atom stereocenters. The van der Waals surface area contributed by atoms with Gasteiger partial charge in [0, 0.05) is 24.8 Å². The number of carbonyl (C=O) groups is 1. The number of nitrogens with zero attached hydrogens (tertiary/aromatic N) is 1. The minimum absolute atomic E-state index is 0.0856. The molecule has 1 aromatic carbocycles. The third-order valence-corrected chi connectivity index (χ3v) is 2.55. The second-order valence-corrected chi connectivity index (χ2v) is 3.81. The minimum Gasteiger partial charge on any atom is -0.341 e. The van der Waals surface area contributed by atoms with Crippen molar-refractivity contribution in [2.45, 2.75) is 13.5 Å². The fourth-order valence-corrected chi connectivity index (χ4v) is 1.71. The van der Waals surface area contributed by atoms with Gasteiger partial charge in [-0.25, -0.2) is 8.78 Å². The van der Waals surface area contributed by atoms with Crippen LogP contribution in [0.3, 0.4) is 0 Å². The number of carbonyl (C=O) groups excluding carboxylic acids is 1. The van der Waals surface area contributed by atoms with Gasteiger partial charge in [0.15, 0.2) is 5.78 Å². The van der Waals surface area contributed by atoms with E-state index >= 15 is 0 Å². The van der Waals surface area contributed by atoms with Gasteiger partial charge in [0.05, 0.1) is 12.2 Å². The zero-order chi connectivity index (χ0) is 12.4. The Bertz CT molecular complexity index is 560. The quantitative estimate of drug-likeness (QED) is 0.749. The third kappa shape index (κ3) is 2.41. The Morgan fingerprint density at radius 3 is 2.71 bits per heavy atom. The van der Waals surface area contributed by atoms with Crippen LogP contribution in [0.1, 0.15) is 23.0 Å². The first-order valence-corrected chi connectivity index (χ1v) is 5.18. The minimum atomic E-state index is -0.606. The topological polar surface area (TPSA) is 22.0 Å². The Morgan fingerprint density at radius 2 is 2.06 bits per heavy atom. The summed E-state index contributed by atoms with van der Waals surface area (Å²) >= 11 is 0. The van der Waals surface area contributed by atoms with Crippen LogP contribution in [-0.4, -0.2) is 10.4 Å². The van der Waals surface area contributed by atoms with Crippen molar-refractivity contribution in [3.8, 4) is 0 Å². The first-order chi connectivity index (χ1) is 8.08. The molecule has 2 rings (SSSR count). The van der Waals surface area contributed by atoms with Gasteiger partial charge in [-0.3, -0.25) is 4.79 Å². The number of Topliss-reactive ketones (excluding diaryl/α,β-unsaturated/α-hetero) is 1. The van der Waals surface area contributed by atoms with Gasteiger partial charge in [0.1, 0.15) is 11.6 Å². The van der Waals surface area contributed by atoms with Crippen LogP contribution >= 0.6 is 0 Å². The number of aromatic nitrogens is 1. The lowest BCUT2D eigenvalue weighted by Crippen LogP contribution is -2.08. The average molecular weight is 235 g/mol. The maximum atomic E-state index is 13.4. The van der Waals surface area contributed by atoms with E-state index in [0.29, 0.717) is 11.3 Å².